The van der Waals surface area contributed by atoms with Gasteiger partial charge in [0.2, 0.25) is 5.95 Å². The molecule has 0 amide bonds. The highest BCUT2D eigenvalue weighted by Gasteiger charge is 2.18. The van der Waals surface area contributed by atoms with E-state index in [1.54, 1.807) is 18.3 Å². The Labute approximate surface area is 190 Å². The van der Waals surface area contributed by atoms with Crippen molar-refractivity contribution in [2.24, 2.45) is 0 Å². The van der Waals surface area contributed by atoms with Crippen LogP contribution in [0.4, 0.5) is 10.3 Å². The van der Waals surface area contributed by atoms with Gasteiger partial charge < -0.3 is 10.4 Å². The van der Waals surface area contributed by atoms with Gasteiger partial charge in [-0.25, -0.2) is 19.3 Å². The van der Waals surface area contributed by atoms with Crippen LogP contribution in [0.1, 0.15) is 24.1 Å². The highest BCUT2D eigenvalue weighted by molar-refractivity contribution is 5.80. The fourth-order valence-corrected chi connectivity index (χ4v) is 3.82. The van der Waals surface area contributed by atoms with Gasteiger partial charge in [-0.15, -0.1) is 0 Å². The Morgan fingerprint density at radius 2 is 1.79 bits per heavy atom. The molecule has 0 aliphatic rings. The van der Waals surface area contributed by atoms with Crippen molar-refractivity contribution in [2.45, 2.75) is 19.6 Å². The zero-order valence-electron chi connectivity index (χ0n) is 18.0. The maximum atomic E-state index is 13.6. The van der Waals surface area contributed by atoms with Crippen molar-refractivity contribution in [1.82, 2.24) is 19.4 Å². The number of pyridine rings is 1. The molecular weight excluding hydrogens is 417 g/mol. The lowest BCUT2D eigenvalue weighted by molar-refractivity contribution is 0.282. The van der Waals surface area contributed by atoms with Gasteiger partial charge in [0.05, 0.1) is 29.7 Å². The number of aliphatic hydroxyl groups excluding tert-OH is 1. The maximum absolute atomic E-state index is 13.6. The quantitative estimate of drug-likeness (QED) is 0.377. The Hall–Kier alpha value is -4.10. The Bertz CT molecular complexity index is 1400. The smallest absolute Gasteiger partial charge is 0.223 e. The Morgan fingerprint density at radius 3 is 2.55 bits per heavy atom. The number of fused-ring (bicyclic) bond motifs is 1. The summed E-state index contributed by atoms with van der Waals surface area (Å²) in [5.74, 6) is 0.186. The first-order valence-electron chi connectivity index (χ1n) is 10.6. The predicted octanol–water partition coefficient (Wildman–Crippen LogP) is 5.26. The second-order valence-corrected chi connectivity index (χ2v) is 7.78. The van der Waals surface area contributed by atoms with Gasteiger partial charge in [-0.05, 0) is 60.5 Å². The Kier molecular flexibility index (Phi) is 5.54. The molecule has 2 N–H and O–H groups in total. The van der Waals surface area contributed by atoms with Crippen LogP contribution in [0.25, 0.3) is 28.3 Å². The maximum Gasteiger partial charge on any atom is 0.223 e. The molecule has 0 unspecified atom stereocenters. The zero-order valence-corrected chi connectivity index (χ0v) is 18.0. The second kappa shape index (κ2) is 8.80. The van der Waals surface area contributed by atoms with E-state index >= 15 is 0 Å². The van der Waals surface area contributed by atoms with Crippen LogP contribution in [0.5, 0.6) is 0 Å². The number of imidazole rings is 1. The SMILES string of the molecule is C[C@@H](Nc1nccc(-c2c(-c3ccc(F)cc3)nc3cc(CO)ccn23)n1)c1ccccc1. The summed E-state index contributed by atoms with van der Waals surface area (Å²) in [5.41, 5.74) is 5.44. The van der Waals surface area contributed by atoms with Gasteiger partial charge >= 0.3 is 0 Å². The fraction of sp³-hybridized carbons (Fsp3) is 0.115. The summed E-state index contributed by atoms with van der Waals surface area (Å²) in [6.07, 6.45) is 3.57. The van der Waals surface area contributed by atoms with Crippen LogP contribution < -0.4 is 5.32 Å². The van der Waals surface area contributed by atoms with Crippen LogP contribution >= 0.6 is 0 Å². The normalized spacial score (nSPS) is 12.1. The van der Waals surface area contributed by atoms with Crippen molar-refractivity contribution in [3.05, 3.63) is 102 Å². The summed E-state index contributed by atoms with van der Waals surface area (Å²) in [4.78, 5) is 14.0. The number of nitrogens with one attached hydrogen (secondary N) is 1. The van der Waals surface area contributed by atoms with E-state index in [0.717, 1.165) is 22.4 Å². The van der Waals surface area contributed by atoms with Crippen molar-refractivity contribution in [1.29, 1.82) is 0 Å². The summed E-state index contributed by atoms with van der Waals surface area (Å²) in [6, 6.07) is 21.8. The molecule has 0 spiro atoms. The molecule has 33 heavy (non-hydrogen) atoms. The monoisotopic (exact) mass is 439 g/mol. The van der Waals surface area contributed by atoms with Crippen LogP contribution in [-0.4, -0.2) is 24.5 Å². The van der Waals surface area contributed by atoms with Gasteiger partial charge in [-0.3, -0.25) is 4.40 Å². The van der Waals surface area contributed by atoms with Gasteiger partial charge in [0.25, 0.3) is 0 Å². The van der Waals surface area contributed by atoms with Crippen LogP contribution in [0.2, 0.25) is 0 Å². The van der Waals surface area contributed by atoms with Crippen molar-refractivity contribution >= 4 is 11.6 Å². The molecule has 5 rings (SSSR count). The third-order valence-electron chi connectivity index (χ3n) is 5.53. The molecule has 3 heterocycles. The number of hydrogen-bond acceptors (Lipinski definition) is 5. The van der Waals surface area contributed by atoms with Crippen molar-refractivity contribution < 1.29 is 9.50 Å². The fourth-order valence-electron chi connectivity index (χ4n) is 3.82. The van der Waals surface area contributed by atoms with Crippen LogP contribution in [0.15, 0.2) is 85.2 Å². The van der Waals surface area contributed by atoms with E-state index in [4.69, 9.17) is 9.97 Å². The average molecular weight is 439 g/mol. The van der Waals surface area contributed by atoms with E-state index in [1.165, 1.54) is 12.1 Å². The van der Waals surface area contributed by atoms with E-state index in [1.807, 2.05) is 47.0 Å². The molecule has 0 saturated heterocycles. The lowest BCUT2D eigenvalue weighted by Crippen LogP contribution is -2.09. The van der Waals surface area contributed by atoms with E-state index in [2.05, 4.69) is 29.4 Å². The number of aliphatic hydroxyl groups is 1. The summed E-state index contributed by atoms with van der Waals surface area (Å²) in [5, 5.41) is 12.9. The van der Waals surface area contributed by atoms with Crippen LogP contribution in [0.3, 0.4) is 0 Å². The highest BCUT2D eigenvalue weighted by Crippen LogP contribution is 2.32. The van der Waals surface area contributed by atoms with E-state index in [-0.39, 0.29) is 18.5 Å². The third-order valence-corrected chi connectivity index (χ3v) is 5.53. The van der Waals surface area contributed by atoms with Gasteiger partial charge in [-0.2, -0.15) is 0 Å². The molecular formula is C26H22FN5O. The minimum Gasteiger partial charge on any atom is -0.392 e. The summed E-state index contributed by atoms with van der Waals surface area (Å²) < 4.78 is 15.5. The number of benzene rings is 2. The molecule has 0 saturated carbocycles. The van der Waals surface area contributed by atoms with E-state index in [0.29, 0.717) is 23.0 Å². The molecule has 0 radical (unpaired) electrons. The number of anilines is 1. The van der Waals surface area contributed by atoms with E-state index < -0.39 is 0 Å². The Balaban J connectivity index is 1.61. The Morgan fingerprint density at radius 1 is 1.00 bits per heavy atom. The summed E-state index contributed by atoms with van der Waals surface area (Å²) in [7, 11) is 0. The summed E-state index contributed by atoms with van der Waals surface area (Å²) in [6.45, 7) is 1.98. The molecule has 0 aliphatic carbocycles. The van der Waals surface area contributed by atoms with E-state index in [9.17, 15) is 9.50 Å². The standard InChI is InChI=1S/C26H22FN5O/c1-17(19-5-3-2-4-6-19)29-26-28-13-11-22(30-26)25-24(20-7-9-21(27)10-8-20)31-23-15-18(16-33)12-14-32(23)25/h2-15,17,33H,16H2,1H3,(H,28,29,30)/t17-/m1/s1. The van der Waals surface area contributed by atoms with Crippen molar-refractivity contribution in [2.75, 3.05) is 5.32 Å². The topological polar surface area (TPSA) is 75.3 Å². The number of rotatable bonds is 6. The molecule has 7 heteroatoms. The van der Waals surface area contributed by atoms with Gasteiger partial charge in [0.15, 0.2) is 0 Å². The average Bonchev–Trinajstić information content (AvgIpc) is 3.24. The lowest BCUT2D eigenvalue weighted by atomic mass is 10.1. The van der Waals surface area contributed by atoms with Crippen molar-refractivity contribution in [3.63, 3.8) is 0 Å². The molecule has 164 valence electrons. The lowest BCUT2D eigenvalue weighted by Gasteiger charge is -2.15. The molecule has 0 aliphatic heterocycles. The minimum absolute atomic E-state index is 0.0207. The number of nitrogens with zero attached hydrogens (tertiary/aromatic N) is 4. The molecule has 2 aromatic carbocycles. The molecule has 0 fully saturated rings. The van der Waals surface area contributed by atoms with Crippen LogP contribution in [-0.2, 0) is 6.61 Å². The highest BCUT2D eigenvalue weighted by atomic mass is 19.1. The van der Waals surface area contributed by atoms with Crippen LogP contribution in [0, 0.1) is 5.82 Å². The minimum atomic E-state index is -0.310. The molecule has 3 aromatic heterocycles. The predicted molar refractivity (Wildman–Crippen MR) is 126 cm³/mol. The second-order valence-electron chi connectivity index (χ2n) is 7.78. The number of aromatic nitrogens is 4. The molecule has 6 nitrogen and oxygen atoms in total. The largest absolute Gasteiger partial charge is 0.392 e. The first-order chi connectivity index (χ1) is 16.1. The number of hydrogen-bond donors (Lipinski definition) is 2. The van der Waals surface area contributed by atoms with Gasteiger partial charge in [0, 0.05) is 18.0 Å². The zero-order chi connectivity index (χ0) is 22.8. The third kappa shape index (κ3) is 4.18. The summed E-state index contributed by atoms with van der Waals surface area (Å²) >= 11 is 0. The molecule has 1 atom stereocenters. The number of halogens is 1. The first-order valence-corrected chi connectivity index (χ1v) is 10.6. The van der Waals surface area contributed by atoms with Crippen molar-refractivity contribution in [3.8, 4) is 22.6 Å². The molecule has 0 bridgehead atoms. The van der Waals surface area contributed by atoms with Gasteiger partial charge in [0.1, 0.15) is 11.5 Å². The first kappa shape index (κ1) is 20.8. The molecule has 5 aromatic rings. The van der Waals surface area contributed by atoms with Gasteiger partial charge in [-0.1, -0.05) is 30.3 Å².